The van der Waals surface area contributed by atoms with Gasteiger partial charge in [-0.15, -0.1) is 11.3 Å². The number of carbonyl (C=O) groups is 1. The van der Waals surface area contributed by atoms with E-state index in [0.29, 0.717) is 22.8 Å². The molecule has 0 aliphatic heterocycles. The Bertz CT molecular complexity index is 1270. The molecule has 162 valence electrons. The molecule has 2 N–H and O–H groups in total. The van der Waals surface area contributed by atoms with E-state index >= 15 is 0 Å². The number of rotatable bonds is 7. The molecule has 2 heterocycles. The number of carbonyl (C=O) groups excluding carboxylic acids is 1. The average molecular weight is 458 g/mol. The monoisotopic (exact) mass is 457 g/mol. The van der Waals surface area contributed by atoms with Crippen LogP contribution in [0.5, 0.6) is 0 Å². The number of sulfonamides is 1. The lowest BCUT2D eigenvalue weighted by Gasteiger charge is -2.09. The number of anilines is 2. The van der Waals surface area contributed by atoms with Gasteiger partial charge in [-0.2, -0.15) is 0 Å². The van der Waals surface area contributed by atoms with Crippen LogP contribution in [0.3, 0.4) is 0 Å². The van der Waals surface area contributed by atoms with Crippen molar-refractivity contribution in [2.45, 2.75) is 37.8 Å². The molecule has 2 aromatic heterocycles. The highest BCUT2D eigenvalue weighted by Gasteiger charge is 2.30. The lowest BCUT2D eigenvalue weighted by Crippen LogP contribution is -2.14. The van der Waals surface area contributed by atoms with E-state index in [1.807, 2.05) is 26.0 Å². The smallest absolute Gasteiger partial charge is 0.271 e. The van der Waals surface area contributed by atoms with Gasteiger partial charge in [0.1, 0.15) is 15.6 Å². The summed E-state index contributed by atoms with van der Waals surface area (Å²) < 4.78 is 33.7. The predicted octanol–water partition coefficient (Wildman–Crippen LogP) is 4.98. The van der Waals surface area contributed by atoms with E-state index < -0.39 is 10.0 Å². The fourth-order valence-corrected chi connectivity index (χ4v) is 5.43. The Morgan fingerprint density at radius 1 is 1.16 bits per heavy atom. The first kappa shape index (κ1) is 21.3. The molecule has 31 heavy (non-hydrogen) atoms. The van der Waals surface area contributed by atoms with Crippen molar-refractivity contribution in [3.05, 3.63) is 57.8 Å². The van der Waals surface area contributed by atoms with Crippen molar-refractivity contribution in [1.82, 2.24) is 5.16 Å². The predicted molar refractivity (Wildman–Crippen MR) is 123 cm³/mol. The highest BCUT2D eigenvalue weighted by atomic mass is 32.2. The fourth-order valence-electron chi connectivity index (χ4n) is 3.07. The molecule has 0 spiro atoms. The second kappa shape index (κ2) is 8.32. The van der Waals surface area contributed by atoms with Crippen molar-refractivity contribution < 1.29 is 17.7 Å². The first-order valence-electron chi connectivity index (χ1n) is 9.88. The van der Waals surface area contributed by atoms with Gasteiger partial charge in [-0.25, -0.2) is 8.42 Å². The van der Waals surface area contributed by atoms with Gasteiger partial charge in [-0.3, -0.25) is 9.52 Å². The van der Waals surface area contributed by atoms with Crippen LogP contribution in [0.1, 0.15) is 40.3 Å². The van der Waals surface area contributed by atoms with Crippen LogP contribution in [0.25, 0.3) is 12.2 Å². The van der Waals surface area contributed by atoms with Crippen molar-refractivity contribution >= 4 is 50.8 Å². The fraction of sp³-hybridized carbons (Fsp3) is 0.273. The zero-order valence-corrected chi connectivity index (χ0v) is 19.1. The van der Waals surface area contributed by atoms with Crippen molar-refractivity contribution in [3.63, 3.8) is 0 Å². The van der Waals surface area contributed by atoms with E-state index in [1.165, 1.54) is 0 Å². The summed E-state index contributed by atoms with van der Waals surface area (Å²) in [6.45, 7) is 5.59. The number of nitrogens with zero attached hydrogens (tertiary/aromatic N) is 1. The first-order chi connectivity index (χ1) is 14.7. The second-order valence-electron chi connectivity index (χ2n) is 7.68. The zero-order valence-electron chi connectivity index (χ0n) is 17.4. The van der Waals surface area contributed by atoms with Crippen LogP contribution in [0, 0.1) is 26.7 Å². The zero-order chi connectivity index (χ0) is 22.2. The molecule has 0 atom stereocenters. The van der Waals surface area contributed by atoms with Crippen LogP contribution in [0.2, 0.25) is 0 Å². The third kappa shape index (κ3) is 4.88. The quantitative estimate of drug-likeness (QED) is 0.521. The van der Waals surface area contributed by atoms with Gasteiger partial charge in [0.2, 0.25) is 5.91 Å². The number of amides is 1. The minimum atomic E-state index is -3.69. The third-order valence-corrected chi connectivity index (χ3v) is 7.89. The van der Waals surface area contributed by atoms with E-state index in [1.54, 1.807) is 37.3 Å². The number of thiophene rings is 1. The second-order valence-corrected chi connectivity index (χ2v) is 10.7. The molecule has 1 aromatic carbocycles. The van der Waals surface area contributed by atoms with Gasteiger partial charge in [0.05, 0.1) is 5.69 Å². The molecule has 1 saturated carbocycles. The minimum absolute atomic E-state index is 0.0251. The van der Waals surface area contributed by atoms with Gasteiger partial charge in [-0.1, -0.05) is 22.9 Å². The first-order valence-corrected chi connectivity index (χ1v) is 12.2. The van der Waals surface area contributed by atoms with Gasteiger partial charge >= 0.3 is 0 Å². The Balaban J connectivity index is 1.50. The molecule has 0 unspecified atom stereocenters. The Labute approximate surface area is 185 Å². The highest BCUT2D eigenvalue weighted by molar-refractivity contribution is 7.94. The maximum absolute atomic E-state index is 12.8. The van der Waals surface area contributed by atoms with E-state index in [9.17, 15) is 13.2 Å². The standard InChI is InChI=1S/C22H23N3O4S2/c1-13-4-9-18(14(2)12-13)25-31(27,28)20-11-8-17(30-20)7-10-19-21(15(3)24-29-19)23-22(26)16-5-6-16/h4,7-12,16,25H,5-6H2,1-3H3,(H,23,26). The van der Waals surface area contributed by atoms with Crippen LogP contribution in [-0.2, 0) is 14.8 Å². The van der Waals surface area contributed by atoms with E-state index in [2.05, 4.69) is 15.2 Å². The summed E-state index contributed by atoms with van der Waals surface area (Å²) in [5, 5.41) is 6.80. The molecule has 0 radical (unpaired) electrons. The summed E-state index contributed by atoms with van der Waals surface area (Å²) in [7, 11) is -3.69. The van der Waals surface area contributed by atoms with Gasteiger partial charge < -0.3 is 9.84 Å². The van der Waals surface area contributed by atoms with E-state index in [4.69, 9.17) is 4.52 Å². The molecule has 0 saturated heterocycles. The number of benzene rings is 1. The maximum Gasteiger partial charge on any atom is 0.271 e. The Morgan fingerprint density at radius 3 is 2.65 bits per heavy atom. The van der Waals surface area contributed by atoms with Gasteiger partial charge in [-0.05, 0) is 69.5 Å². The summed E-state index contributed by atoms with van der Waals surface area (Å²) in [6, 6.07) is 8.85. The highest BCUT2D eigenvalue weighted by Crippen LogP contribution is 2.32. The molecule has 9 heteroatoms. The summed E-state index contributed by atoms with van der Waals surface area (Å²) in [5.41, 5.74) is 3.64. The number of hydrogen-bond donors (Lipinski definition) is 2. The third-order valence-electron chi connectivity index (χ3n) is 4.98. The van der Waals surface area contributed by atoms with Crippen LogP contribution >= 0.6 is 11.3 Å². The molecular formula is C22H23N3O4S2. The minimum Gasteiger partial charge on any atom is -0.354 e. The van der Waals surface area contributed by atoms with Crippen LogP contribution < -0.4 is 10.0 Å². The molecule has 0 bridgehead atoms. The molecule has 7 nitrogen and oxygen atoms in total. The van der Waals surface area contributed by atoms with E-state index in [-0.39, 0.29) is 16.0 Å². The molecule has 1 aliphatic rings. The molecule has 3 aromatic rings. The molecule has 1 aliphatic carbocycles. The van der Waals surface area contributed by atoms with Crippen molar-refractivity contribution in [2.24, 2.45) is 5.92 Å². The lowest BCUT2D eigenvalue weighted by atomic mass is 10.1. The van der Waals surface area contributed by atoms with Crippen LogP contribution in [0.4, 0.5) is 11.4 Å². The van der Waals surface area contributed by atoms with E-state index in [0.717, 1.165) is 40.2 Å². The lowest BCUT2D eigenvalue weighted by molar-refractivity contribution is -0.117. The van der Waals surface area contributed by atoms with Crippen molar-refractivity contribution in [3.8, 4) is 0 Å². The molecule has 1 fully saturated rings. The summed E-state index contributed by atoms with van der Waals surface area (Å²) in [5.74, 6) is 0.474. The molecular weight excluding hydrogens is 434 g/mol. The van der Waals surface area contributed by atoms with Gasteiger partial charge in [0.25, 0.3) is 10.0 Å². The average Bonchev–Trinajstić information content (AvgIpc) is 3.36. The normalized spacial score (nSPS) is 14.2. The van der Waals surface area contributed by atoms with Gasteiger partial charge in [0.15, 0.2) is 5.76 Å². The van der Waals surface area contributed by atoms with Crippen molar-refractivity contribution in [2.75, 3.05) is 10.0 Å². The van der Waals surface area contributed by atoms with Crippen LogP contribution in [0.15, 0.2) is 39.1 Å². The summed E-state index contributed by atoms with van der Waals surface area (Å²) >= 11 is 1.14. The number of nitrogens with one attached hydrogen (secondary N) is 2. The van der Waals surface area contributed by atoms with Gasteiger partial charge in [0, 0.05) is 10.8 Å². The summed E-state index contributed by atoms with van der Waals surface area (Å²) in [6.07, 6.45) is 5.24. The maximum atomic E-state index is 12.8. The number of hydrogen-bond acceptors (Lipinski definition) is 6. The molecule has 1 amide bonds. The number of aromatic nitrogens is 1. The Morgan fingerprint density at radius 2 is 1.94 bits per heavy atom. The Kier molecular flexibility index (Phi) is 5.72. The topological polar surface area (TPSA) is 101 Å². The van der Waals surface area contributed by atoms with Crippen LogP contribution in [-0.4, -0.2) is 19.5 Å². The van der Waals surface area contributed by atoms with Crippen molar-refractivity contribution in [1.29, 1.82) is 0 Å². The SMILES string of the molecule is Cc1ccc(NS(=O)(=O)c2ccc(C=Cc3onc(C)c3NC(=O)C3CC3)s2)c(C)c1. The number of aryl methyl sites for hydroxylation is 3. The molecule has 4 rings (SSSR count). The largest absolute Gasteiger partial charge is 0.354 e. The summed E-state index contributed by atoms with van der Waals surface area (Å²) in [4.78, 5) is 12.8. The Hall–Kier alpha value is -2.91.